The molecule has 0 bridgehead atoms. The number of rotatable bonds is 2. The first-order chi connectivity index (χ1) is 8.26. The molecule has 2 aliphatic heterocycles. The van der Waals surface area contributed by atoms with Gasteiger partial charge in [-0.25, -0.2) is 0 Å². The highest BCUT2D eigenvalue weighted by Crippen LogP contribution is 2.35. The van der Waals surface area contributed by atoms with E-state index in [1.54, 1.807) is 0 Å². The minimum atomic E-state index is -0.204. The number of likely N-dealkylation sites (N-methyl/N-ethyl adjacent to an activating group) is 1. The van der Waals surface area contributed by atoms with E-state index in [1.165, 1.54) is 32.4 Å². The highest BCUT2D eigenvalue weighted by Gasteiger charge is 2.40. The van der Waals surface area contributed by atoms with Crippen molar-refractivity contribution in [3.05, 3.63) is 0 Å². The maximum atomic E-state index is 5.76. The van der Waals surface area contributed by atoms with E-state index in [1.807, 2.05) is 0 Å². The molecule has 1 atom stereocenters. The van der Waals surface area contributed by atoms with Crippen molar-refractivity contribution >= 4 is 0 Å². The lowest BCUT2D eigenvalue weighted by Gasteiger charge is -2.36. The van der Waals surface area contributed by atoms with Gasteiger partial charge < -0.3 is 19.7 Å². The van der Waals surface area contributed by atoms with Crippen LogP contribution in [-0.4, -0.2) is 56.1 Å². The number of ether oxygens (including phenoxy) is 2. The summed E-state index contributed by atoms with van der Waals surface area (Å²) in [6.07, 6.45) is 5.81. The van der Waals surface area contributed by atoms with Crippen LogP contribution >= 0.6 is 0 Å². The molecular weight excluding hydrogens is 216 g/mol. The quantitative estimate of drug-likeness (QED) is 0.780. The Bertz CT molecular complexity index is 256. The molecule has 3 fully saturated rings. The Balaban J connectivity index is 1.45. The van der Waals surface area contributed by atoms with Gasteiger partial charge in [0.1, 0.15) is 0 Å². The summed E-state index contributed by atoms with van der Waals surface area (Å²) in [6, 6.07) is 1.37. The Morgan fingerprint density at radius 1 is 1.06 bits per heavy atom. The van der Waals surface area contributed by atoms with Crippen molar-refractivity contribution in [1.82, 2.24) is 10.2 Å². The molecule has 0 radical (unpaired) electrons. The zero-order valence-corrected chi connectivity index (χ0v) is 10.8. The third-order valence-electron chi connectivity index (χ3n) is 4.42. The summed E-state index contributed by atoms with van der Waals surface area (Å²) in [5, 5.41) is 3.80. The minimum absolute atomic E-state index is 0.204. The van der Waals surface area contributed by atoms with Crippen molar-refractivity contribution in [2.75, 3.05) is 33.4 Å². The maximum absolute atomic E-state index is 5.76. The fraction of sp³-hybridized carbons (Fsp3) is 1.00. The van der Waals surface area contributed by atoms with E-state index in [4.69, 9.17) is 9.47 Å². The van der Waals surface area contributed by atoms with Gasteiger partial charge in [0.05, 0.1) is 13.2 Å². The molecule has 1 N–H and O–H groups in total. The molecule has 0 amide bonds. The Hall–Kier alpha value is -0.160. The van der Waals surface area contributed by atoms with Crippen LogP contribution in [0.1, 0.15) is 32.1 Å². The highest BCUT2D eigenvalue weighted by molar-refractivity contribution is 4.89. The second-order valence-corrected chi connectivity index (χ2v) is 5.80. The third-order valence-corrected chi connectivity index (χ3v) is 4.42. The molecule has 1 spiro atoms. The number of nitrogens with zero attached hydrogens (tertiary/aromatic N) is 1. The average molecular weight is 240 g/mol. The van der Waals surface area contributed by atoms with E-state index in [9.17, 15) is 0 Å². The van der Waals surface area contributed by atoms with Crippen LogP contribution in [0.25, 0.3) is 0 Å². The van der Waals surface area contributed by atoms with Crippen LogP contribution in [0.15, 0.2) is 0 Å². The smallest absolute Gasteiger partial charge is 0.168 e. The molecule has 3 rings (SSSR count). The second kappa shape index (κ2) is 4.84. The molecule has 17 heavy (non-hydrogen) atoms. The van der Waals surface area contributed by atoms with Crippen LogP contribution in [0, 0.1) is 0 Å². The number of nitrogens with one attached hydrogen (secondary N) is 1. The fourth-order valence-corrected chi connectivity index (χ4v) is 3.41. The van der Waals surface area contributed by atoms with E-state index in [0.29, 0.717) is 12.1 Å². The summed E-state index contributed by atoms with van der Waals surface area (Å²) < 4.78 is 11.5. The Labute approximate surface area is 104 Å². The Morgan fingerprint density at radius 3 is 2.35 bits per heavy atom. The summed E-state index contributed by atoms with van der Waals surface area (Å²) in [4.78, 5) is 2.41. The molecule has 1 unspecified atom stereocenters. The minimum Gasteiger partial charge on any atom is -0.348 e. The van der Waals surface area contributed by atoms with Gasteiger partial charge in [0.2, 0.25) is 0 Å². The molecule has 1 aliphatic carbocycles. The molecule has 3 aliphatic rings. The SMILES string of the molecule is CN1CCC(NC2CCC3(CC2)OCCO3)C1. The summed E-state index contributed by atoms with van der Waals surface area (Å²) in [5.74, 6) is -0.204. The lowest BCUT2D eigenvalue weighted by Crippen LogP contribution is -2.46. The summed E-state index contributed by atoms with van der Waals surface area (Å²) >= 11 is 0. The van der Waals surface area contributed by atoms with Gasteiger partial charge in [-0.05, 0) is 32.9 Å². The Kier molecular flexibility index (Phi) is 3.39. The van der Waals surface area contributed by atoms with Crippen molar-refractivity contribution in [2.45, 2.75) is 50.0 Å². The van der Waals surface area contributed by atoms with Gasteiger partial charge in [0.25, 0.3) is 0 Å². The lowest BCUT2D eigenvalue weighted by atomic mass is 9.89. The number of likely N-dealkylation sites (tertiary alicyclic amines) is 1. The molecule has 0 aromatic carbocycles. The fourth-order valence-electron chi connectivity index (χ4n) is 3.41. The number of hydrogen-bond acceptors (Lipinski definition) is 4. The van der Waals surface area contributed by atoms with Crippen LogP contribution in [0.3, 0.4) is 0 Å². The monoisotopic (exact) mass is 240 g/mol. The molecule has 2 heterocycles. The molecule has 2 saturated heterocycles. The first kappa shape index (κ1) is 11.9. The summed E-state index contributed by atoms with van der Waals surface area (Å²) in [6.45, 7) is 4.01. The van der Waals surface area contributed by atoms with Crippen LogP contribution in [0.4, 0.5) is 0 Å². The lowest BCUT2D eigenvalue weighted by molar-refractivity contribution is -0.179. The van der Waals surface area contributed by atoms with Crippen LogP contribution in [0.2, 0.25) is 0 Å². The zero-order chi connectivity index (χ0) is 11.7. The zero-order valence-electron chi connectivity index (χ0n) is 10.8. The van der Waals surface area contributed by atoms with E-state index in [2.05, 4.69) is 17.3 Å². The summed E-state index contributed by atoms with van der Waals surface area (Å²) in [5.41, 5.74) is 0. The van der Waals surface area contributed by atoms with Gasteiger partial charge in [-0.15, -0.1) is 0 Å². The van der Waals surface area contributed by atoms with E-state index in [-0.39, 0.29) is 5.79 Å². The number of hydrogen-bond donors (Lipinski definition) is 1. The van der Waals surface area contributed by atoms with Gasteiger partial charge in [-0.1, -0.05) is 0 Å². The predicted octanol–water partition coefficient (Wildman–Crippen LogP) is 0.966. The normalized spacial score (nSPS) is 34.8. The standard InChI is InChI=1S/C13H24N2O2/c1-15-7-4-12(10-15)14-11-2-5-13(6-3-11)16-8-9-17-13/h11-12,14H,2-10H2,1H3. The predicted molar refractivity (Wildman–Crippen MR) is 65.9 cm³/mol. The van der Waals surface area contributed by atoms with Gasteiger partial charge in [-0.3, -0.25) is 0 Å². The van der Waals surface area contributed by atoms with Crippen LogP contribution in [-0.2, 0) is 9.47 Å². The van der Waals surface area contributed by atoms with Crippen molar-refractivity contribution in [3.8, 4) is 0 Å². The summed E-state index contributed by atoms with van der Waals surface area (Å²) in [7, 11) is 2.21. The van der Waals surface area contributed by atoms with Crippen molar-refractivity contribution in [1.29, 1.82) is 0 Å². The van der Waals surface area contributed by atoms with Crippen LogP contribution < -0.4 is 5.32 Å². The van der Waals surface area contributed by atoms with Gasteiger partial charge in [-0.2, -0.15) is 0 Å². The maximum Gasteiger partial charge on any atom is 0.168 e. The first-order valence-corrected chi connectivity index (χ1v) is 6.98. The van der Waals surface area contributed by atoms with Crippen molar-refractivity contribution in [2.24, 2.45) is 0 Å². The molecule has 1 saturated carbocycles. The Morgan fingerprint density at radius 2 is 1.76 bits per heavy atom. The largest absolute Gasteiger partial charge is 0.348 e. The second-order valence-electron chi connectivity index (χ2n) is 5.80. The molecule has 0 aromatic rings. The van der Waals surface area contributed by atoms with Crippen molar-refractivity contribution in [3.63, 3.8) is 0 Å². The third kappa shape index (κ3) is 2.65. The molecule has 4 nitrogen and oxygen atoms in total. The van der Waals surface area contributed by atoms with E-state index in [0.717, 1.165) is 26.1 Å². The van der Waals surface area contributed by atoms with Gasteiger partial charge >= 0.3 is 0 Å². The van der Waals surface area contributed by atoms with Gasteiger partial charge in [0, 0.05) is 31.5 Å². The van der Waals surface area contributed by atoms with Gasteiger partial charge in [0.15, 0.2) is 5.79 Å². The molecular formula is C13H24N2O2. The average Bonchev–Trinajstić information content (AvgIpc) is 2.93. The molecule has 98 valence electrons. The van der Waals surface area contributed by atoms with E-state index < -0.39 is 0 Å². The van der Waals surface area contributed by atoms with Crippen LogP contribution in [0.5, 0.6) is 0 Å². The molecule has 4 heteroatoms. The van der Waals surface area contributed by atoms with Crippen molar-refractivity contribution < 1.29 is 9.47 Å². The topological polar surface area (TPSA) is 33.7 Å². The molecule has 0 aromatic heterocycles. The van der Waals surface area contributed by atoms with E-state index >= 15 is 0 Å². The first-order valence-electron chi connectivity index (χ1n) is 6.98. The highest BCUT2D eigenvalue weighted by atomic mass is 16.7.